The normalized spacial score (nSPS) is 11.8. The first-order valence-corrected chi connectivity index (χ1v) is 11.1. The van der Waals surface area contributed by atoms with E-state index in [4.69, 9.17) is 18.8 Å². The van der Waals surface area contributed by atoms with Crippen LogP contribution in [0.5, 0.6) is 0 Å². The summed E-state index contributed by atoms with van der Waals surface area (Å²) in [5.41, 5.74) is 8.35. The van der Waals surface area contributed by atoms with Crippen molar-refractivity contribution in [3.8, 4) is 22.9 Å². The molecule has 0 saturated carbocycles. The summed E-state index contributed by atoms with van der Waals surface area (Å²) < 4.78 is 12.4. The molecule has 7 rings (SSSR count). The van der Waals surface area contributed by atoms with Crippen LogP contribution in [0.3, 0.4) is 0 Å². The summed E-state index contributed by atoms with van der Waals surface area (Å²) in [6.45, 7) is 3.91. The molecular formula is C28H18N4O2. The molecule has 34 heavy (non-hydrogen) atoms. The van der Waals surface area contributed by atoms with Gasteiger partial charge in [-0.15, -0.1) is 0 Å². The Labute approximate surface area is 193 Å². The van der Waals surface area contributed by atoms with Crippen LogP contribution in [0.2, 0.25) is 0 Å². The molecular weight excluding hydrogens is 424 g/mol. The maximum absolute atomic E-state index is 6.21. The Balaban J connectivity index is 1.33. The number of pyridine rings is 2. The highest BCUT2D eigenvalue weighted by atomic mass is 16.4. The van der Waals surface area contributed by atoms with Crippen molar-refractivity contribution in [2.24, 2.45) is 0 Å². The molecule has 0 aliphatic rings. The quantitative estimate of drug-likeness (QED) is 0.286. The van der Waals surface area contributed by atoms with Gasteiger partial charge in [-0.25, -0.2) is 9.97 Å². The Hall–Kier alpha value is -4.58. The molecule has 0 N–H and O–H groups in total. The highest BCUT2D eigenvalue weighted by Gasteiger charge is 2.17. The smallest absolute Gasteiger partial charge is 0.227 e. The van der Waals surface area contributed by atoms with Crippen LogP contribution in [-0.2, 0) is 0 Å². The maximum Gasteiger partial charge on any atom is 0.227 e. The van der Waals surface area contributed by atoms with E-state index in [1.165, 1.54) is 0 Å². The highest BCUT2D eigenvalue weighted by molar-refractivity contribution is 6.03. The molecule has 4 heterocycles. The molecule has 4 aromatic heterocycles. The van der Waals surface area contributed by atoms with Gasteiger partial charge in [-0.1, -0.05) is 24.3 Å². The predicted octanol–water partition coefficient (Wildman–Crippen LogP) is 7.02. The van der Waals surface area contributed by atoms with Gasteiger partial charge in [0.2, 0.25) is 11.8 Å². The number of aromatic nitrogens is 4. The van der Waals surface area contributed by atoms with Crippen molar-refractivity contribution < 1.29 is 8.83 Å². The van der Waals surface area contributed by atoms with Crippen molar-refractivity contribution in [3.63, 3.8) is 0 Å². The topological polar surface area (TPSA) is 77.8 Å². The lowest BCUT2D eigenvalue weighted by molar-refractivity contribution is 0.620. The van der Waals surface area contributed by atoms with Crippen LogP contribution in [0.4, 0.5) is 0 Å². The summed E-state index contributed by atoms with van der Waals surface area (Å²) in [5, 5.41) is 1.92. The second-order valence-corrected chi connectivity index (χ2v) is 8.40. The number of hydrogen-bond acceptors (Lipinski definition) is 6. The maximum atomic E-state index is 6.21. The van der Waals surface area contributed by atoms with E-state index < -0.39 is 0 Å². The molecule has 162 valence electrons. The van der Waals surface area contributed by atoms with Gasteiger partial charge in [-0.2, -0.15) is 0 Å². The number of hydrogen-bond donors (Lipinski definition) is 0. The second-order valence-electron chi connectivity index (χ2n) is 8.40. The minimum Gasteiger partial charge on any atom is -0.435 e. The molecule has 6 heteroatoms. The molecule has 0 unspecified atom stereocenters. The van der Waals surface area contributed by atoms with E-state index in [-0.39, 0.29) is 0 Å². The first kappa shape index (κ1) is 18.9. The molecule has 0 bridgehead atoms. The van der Waals surface area contributed by atoms with Gasteiger partial charge in [0.1, 0.15) is 11.0 Å². The number of aryl methyl sites for hydroxylation is 2. The number of para-hydroxylation sites is 2. The van der Waals surface area contributed by atoms with Gasteiger partial charge < -0.3 is 8.83 Å². The monoisotopic (exact) mass is 442 g/mol. The van der Waals surface area contributed by atoms with Gasteiger partial charge in [0, 0.05) is 21.9 Å². The standard InChI is InChI=1S/C28H18N4O2/c1-15-23-25(19-7-3-5-9-21(19)29-15)33-27(31-23)17-11-13-18(14-12-17)28-32-24-16(2)30-22-10-6-4-8-20(22)26(24)34-28/h3-14H,1-2H3. The summed E-state index contributed by atoms with van der Waals surface area (Å²) in [6.07, 6.45) is 0. The molecule has 0 spiro atoms. The second kappa shape index (κ2) is 6.96. The van der Waals surface area contributed by atoms with E-state index in [1.807, 2.05) is 86.6 Å². The average Bonchev–Trinajstić information content (AvgIpc) is 3.51. The molecule has 0 saturated heterocycles. The molecule has 0 atom stereocenters. The van der Waals surface area contributed by atoms with Crippen LogP contribution in [0, 0.1) is 13.8 Å². The Morgan fingerprint density at radius 2 is 0.912 bits per heavy atom. The number of benzene rings is 3. The SMILES string of the molecule is Cc1nc2ccccc2c2oc(-c3ccc(-c4nc5c(C)nc6ccccc6c5o4)cc3)nc12. The third kappa shape index (κ3) is 2.75. The summed E-state index contributed by atoms with van der Waals surface area (Å²) in [6, 6.07) is 23.8. The third-order valence-corrected chi connectivity index (χ3v) is 6.19. The van der Waals surface area contributed by atoms with Crippen LogP contribution >= 0.6 is 0 Å². The Morgan fingerprint density at radius 1 is 0.500 bits per heavy atom. The van der Waals surface area contributed by atoms with Crippen LogP contribution in [0.1, 0.15) is 11.4 Å². The molecule has 3 aromatic carbocycles. The number of rotatable bonds is 2. The molecule has 0 aliphatic heterocycles. The van der Waals surface area contributed by atoms with Gasteiger partial charge in [-0.05, 0) is 62.4 Å². The van der Waals surface area contributed by atoms with E-state index in [0.717, 1.165) is 66.5 Å². The molecule has 7 aromatic rings. The minimum absolute atomic E-state index is 0.561. The van der Waals surface area contributed by atoms with Crippen LogP contribution < -0.4 is 0 Å². The zero-order valence-corrected chi connectivity index (χ0v) is 18.5. The van der Waals surface area contributed by atoms with E-state index in [0.29, 0.717) is 11.8 Å². The summed E-state index contributed by atoms with van der Waals surface area (Å²) >= 11 is 0. The van der Waals surface area contributed by atoms with E-state index in [1.54, 1.807) is 0 Å². The molecule has 0 fully saturated rings. The fraction of sp³-hybridized carbons (Fsp3) is 0.0714. The van der Waals surface area contributed by atoms with Crippen molar-refractivity contribution >= 4 is 44.0 Å². The zero-order chi connectivity index (χ0) is 22.8. The predicted molar refractivity (Wildman–Crippen MR) is 133 cm³/mol. The number of nitrogens with zero attached hydrogens (tertiary/aromatic N) is 4. The van der Waals surface area contributed by atoms with Crippen LogP contribution in [0.25, 0.3) is 66.9 Å². The summed E-state index contributed by atoms with van der Waals surface area (Å²) in [4.78, 5) is 18.8. The Morgan fingerprint density at radius 3 is 1.35 bits per heavy atom. The highest BCUT2D eigenvalue weighted by Crippen LogP contribution is 2.34. The van der Waals surface area contributed by atoms with Crippen molar-refractivity contribution in [2.75, 3.05) is 0 Å². The number of fused-ring (bicyclic) bond motifs is 6. The van der Waals surface area contributed by atoms with Crippen molar-refractivity contribution in [3.05, 3.63) is 84.2 Å². The van der Waals surface area contributed by atoms with Gasteiger partial charge in [0.15, 0.2) is 11.2 Å². The first-order valence-electron chi connectivity index (χ1n) is 11.1. The number of oxazole rings is 2. The fourth-order valence-electron chi connectivity index (χ4n) is 4.49. The van der Waals surface area contributed by atoms with Gasteiger partial charge in [-0.3, -0.25) is 9.97 Å². The Kier molecular flexibility index (Phi) is 3.88. The van der Waals surface area contributed by atoms with Crippen LogP contribution in [0.15, 0.2) is 81.6 Å². The third-order valence-electron chi connectivity index (χ3n) is 6.19. The van der Waals surface area contributed by atoms with E-state index in [9.17, 15) is 0 Å². The zero-order valence-electron chi connectivity index (χ0n) is 18.5. The molecule has 6 nitrogen and oxygen atoms in total. The summed E-state index contributed by atoms with van der Waals surface area (Å²) in [7, 11) is 0. The first-order chi connectivity index (χ1) is 16.7. The lowest BCUT2D eigenvalue weighted by atomic mass is 10.1. The van der Waals surface area contributed by atoms with Gasteiger partial charge in [0.05, 0.1) is 22.4 Å². The largest absolute Gasteiger partial charge is 0.435 e. The van der Waals surface area contributed by atoms with Crippen molar-refractivity contribution in [1.29, 1.82) is 0 Å². The van der Waals surface area contributed by atoms with E-state index >= 15 is 0 Å². The fourth-order valence-corrected chi connectivity index (χ4v) is 4.49. The van der Waals surface area contributed by atoms with Crippen molar-refractivity contribution in [1.82, 2.24) is 19.9 Å². The van der Waals surface area contributed by atoms with E-state index in [2.05, 4.69) is 9.97 Å². The lowest BCUT2D eigenvalue weighted by Crippen LogP contribution is -1.86. The summed E-state index contributed by atoms with van der Waals surface area (Å²) in [5.74, 6) is 1.12. The molecule has 0 aliphatic carbocycles. The minimum atomic E-state index is 0.561. The molecule has 0 amide bonds. The van der Waals surface area contributed by atoms with Gasteiger partial charge in [0.25, 0.3) is 0 Å². The average molecular weight is 442 g/mol. The molecule has 0 radical (unpaired) electrons. The Bertz CT molecular complexity index is 1740. The van der Waals surface area contributed by atoms with Gasteiger partial charge >= 0.3 is 0 Å². The van der Waals surface area contributed by atoms with Crippen LogP contribution in [-0.4, -0.2) is 19.9 Å². The van der Waals surface area contributed by atoms with Crippen molar-refractivity contribution in [2.45, 2.75) is 13.8 Å². The lowest BCUT2D eigenvalue weighted by Gasteiger charge is -1.99.